The van der Waals surface area contributed by atoms with Gasteiger partial charge in [-0.05, 0) is 6.07 Å². The molecular formula is C9H10N4O3. The summed E-state index contributed by atoms with van der Waals surface area (Å²) in [6.45, 7) is 0. The van der Waals surface area contributed by atoms with Crippen LogP contribution in [0.5, 0.6) is 0 Å². The zero-order valence-electron chi connectivity index (χ0n) is 8.77. The molecule has 2 rings (SSSR count). The summed E-state index contributed by atoms with van der Waals surface area (Å²) < 4.78 is 2.23. The Hall–Kier alpha value is -2.31. The molecule has 0 unspecified atom stereocenters. The standard InChI is InChI=1S/C9H10N4O3/c1-12-7-4(3-5(11-7)6(10)14)8(15)13(2)9(12)16/h3,11H,1-2H3,(H2,10,14). The fourth-order valence-electron chi connectivity index (χ4n) is 1.59. The number of aromatic nitrogens is 3. The molecule has 0 aliphatic rings. The molecule has 0 aromatic carbocycles. The van der Waals surface area contributed by atoms with E-state index in [0.717, 1.165) is 4.57 Å². The number of carbonyl (C=O) groups is 1. The zero-order valence-corrected chi connectivity index (χ0v) is 8.77. The zero-order chi connectivity index (χ0) is 12.0. The van der Waals surface area contributed by atoms with Crippen molar-refractivity contribution in [1.82, 2.24) is 14.1 Å². The van der Waals surface area contributed by atoms with Crippen molar-refractivity contribution in [3.8, 4) is 0 Å². The molecule has 2 aromatic heterocycles. The van der Waals surface area contributed by atoms with Gasteiger partial charge in [-0.25, -0.2) is 4.79 Å². The summed E-state index contributed by atoms with van der Waals surface area (Å²) >= 11 is 0. The van der Waals surface area contributed by atoms with Crippen LogP contribution in [-0.4, -0.2) is 20.0 Å². The monoisotopic (exact) mass is 222 g/mol. The highest BCUT2D eigenvalue weighted by Crippen LogP contribution is 2.08. The van der Waals surface area contributed by atoms with Gasteiger partial charge < -0.3 is 10.7 Å². The first kappa shape index (κ1) is 10.2. The highest BCUT2D eigenvalue weighted by molar-refractivity contribution is 5.96. The summed E-state index contributed by atoms with van der Waals surface area (Å²) in [6, 6.07) is 1.35. The minimum atomic E-state index is -0.675. The number of fused-ring (bicyclic) bond motifs is 1. The van der Waals surface area contributed by atoms with Crippen molar-refractivity contribution in [2.75, 3.05) is 0 Å². The topological polar surface area (TPSA) is 103 Å². The average molecular weight is 222 g/mol. The van der Waals surface area contributed by atoms with E-state index in [1.54, 1.807) is 0 Å². The molecule has 3 N–H and O–H groups in total. The van der Waals surface area contributed by atoms with Crippen molar-refractivity contribution >= 4 is 16.9 Å². The lowest BCUT2D eigenvalue weighted by molar-refractivity contribution is 0.0996. The average Bonchev–Trinajstić information content (AvgIpc) is 2.68. The number of carbonyl (C=O) groups excluding carboxylic acids is 1. The van der Waals surface area contributed by atoms with E-state index in [1.165, 1.54) is 24.7 Å². The first-order valence-electron chi connectivity index (χ1n) is 4.52. The molecule has 0 aliphatic carbocycles. The van der Waals surface area contributed by atoms with Crippen LogP contribution < -0.4 is 17.0 Å². The summed E-state index contributed by atoms with van der Waals surface area (Å²) in [4.78, 5) is 36.9. The van der Waals surface area contributed by atoms with E-state index in [1.807, 2.05) is 0 Å². The van der Waals surface area contributed by atoms with Gasteiger partial charge in [0.1, 0.15) is 11.3 Å². The maximum absolute atomic E-state index is 11.7. The van der Waals surface area contributed by atoms with Gasteiger partial charge in [0.2, 0.25) is 0 Å². The highest BCUT2D eigenvalue weighted by Gasteiger charge is 2.13. The normalized spacial score (nSPS) is 10.9. The van der Waals surface area contributed by atoms with Gasteiger partial charge in [0.25, 0.3) is 11.5 Å². The van der Waals surface area contributed by atoms with Gasteiger partial charge in [0.15, 0.2) is 0 Å². The largest absolute Gasteiger partial charge is 0.364 e. The predicted octanol–water partition coefficient (Wildman–Crippen LogP) is -1.34. The van der Waals surface area contributed by atoms with Gasteiger partial charge in [-0.1, -0.05) is 0 Å². The van der Waals surface area contributed by atoms with Crippen LogP contribution >= 0.6 is 0 Å². The number of aromatic amines is 1. The summed E-state index contributed by atoms with van der Waals surface area (Å²) in [5.41, 5.74) is 4.57. The van der Waals surface area contributed by atoms with Gasteiger partial charge in [0.05, 0.1) is 5.39 Å². The van der Waals surface area contributed by atoms with Crippen molar-refractivity contribution in [3.63, 3.8) is 0 Å². The lowest BCUT2D eigenvalue weighted by atomic mass is 10.3. The molecule has 0 fully saturated rings. The molecular weight excluding hydrogens is 212 g/mol. The number of hydrogen-bond donors (Lipinski definition) is 2. The van der Waals surface area contributed by atoms with Gasteiger partial charge >= 0.3 is 5.69 Å². The summed E-state index contributed by atoms with van der Waals surface area (Å²) in [7, 11) is 2.88. The molecule has 7 nitrogen and oxygen atoms in total. The Morgan fingerprint density at radius 2 is 1.94 bits per heavy atom. The fourth-order valence-corrected chi connectivity index (χ4v) is 1.59. The van der Waals surface area contributed by atoms with Crippen molar-refractivity contribution in [3.05, 3.63) is 32.6 Å². The molecule has 0 aliphatic heterocycles. The number of primary amides is 1. The van der Waals surface area contributed by atoms with Crippen LogP contribution in [0, 0.1) is 0 Å². The number of H-pyrrole nitrogens is 1. The third-order valence-electron chi connectivity index (χ3n) is 2.51. The Morgan fingerprint density at radius 3 is 2.50 bits per heavy atom. The van der Waals surface area contributed by atoms with E-state index in [4.69, 9.17) is 5.73 Å². The molecule has 0 atom stereocenters. The van der Waals surface area contributed by atoms with Gasteiger partial charge in [-0.2, -0.15) is 0 Å². The molecule has 0 saturated carbocycles. The Balaban J connectivity index is 3.04. The second-order valence-corrected chi connectivity index (χ2v) is 3.52. The van der Waals surface area contributed by atoms with Crippen LogP contribution in [0.25, 0.3) is 11.0 Å². The third kappa shape index (κ3) is 1.18. The Labute approximate surface area is 89.1 Å². The third-order valence-corrected chi connectivity index (χ3v) is 2.51. The Bertz CT molecular complexity index is 704. The molecule has 0 spiro atoms. The van der Waals surface area contributed by atoms with Gasteiger partial charge in [-0.3, -0.25) is 18.7 Å². The second kappa shape index (κ2) is 3.09. The summed E-state index contributed by atoms with van der Waals surface area (Å²) in [5, 5.41) is 0.262. The second-order valence-electron chi connectivity index (χ2n) is 3.52. The number of aryl methyl sites for hydroxylation is 1. The maximum atomic E-state index is 11.7. The van der Waals surface area contributed by atoms with Crippen LogP contribution in [-0.2, 0) is 14.1 Å². The van der Waals surface area contributed by atoms with Crippen LogP contribution in [0.4, 0.5) is 0 Å². The maximum Gasteiger partial charge on any atom is 0.332 e. The molecule has 2 heterocycles. The minimum absolute atomic E-state index is 0.105. The van der Waals surface area contributed by atoms with E-state index in [0.29, 0.717) is 5.65 Å². The minimum Gasteiger partial charge on any atom is -0.364 e. The number of nitrogens with zero attached hydrogens (tertiary/aromatic N) is 2. The van der Waals surface area contributed by atoms with E-state index in [-0.39, 0.29) is 11.1 Å². The molecule has 0 bridgehead atoms. The first-order valence-corrected chi connectivity index (χ1v) is 4.52. The van der Waals surface area contributed by atoms with Crippen molar-refractivity contribution < 1.29 is 4.79 Å². The van der Waals surface area contributed by atoms with Crippen molar-refractivity contribution in [2.24, 2.45) is 19.8 Å². The van der Waals surface area contributed by atoms with E-state index >= 15 is 0 Å². The molecule has 84 valence electrons. The fraction of sp³-hybridized carbons (Fsp3) is 0.222. The summed E-state index contributed by atoms with van der Waals surface area (Å²) in [5.74, 6) is -0.675. The van der Waals surface area contributed by atoms with Crippen LogP contribution in [0.1, 0.15) is 10.5 Å². The quantitative estimate of drug-likeness (QED) is 0.624. The molecule has 7 heteroatoms. The van der Waals surface area contributed by atoms with E-state index < -0.39 is 17.2 Å². The lowest BCUT2D eigenvalue weighted by Crippen LogP contribution is -2.36. The number of amides is 1. The molecule has 16 heavy (non-hydrogen) atoms. The SMILES string of the molecule is Cn1c(=O)c2cc(C(N)=O)[nH]c2n(C)c1=O. The van der Waals surface area contributed by atoms with Crippen molar-refractivity contribution in [1.29, 1.82) is 0 Å². The van der Waals surface area contributed by atoms with E-state index in [2.05, 4.69) is 4.98 Å². The van der Waals surface area contributed by atoms with Crippen LogP contribution in [0.3, 0.4) is 0 Å². The molecule has 0 saturated heterocycles. The molecule has 2 aromatic rings. The molecule has 0 radical (unpaired) electrons. The first-order chi connectivity index (χ1) is 7.43. The van der Waals surface area contributed by atoms with Gasteiger partial charge in [0, 0.05) is 14.1 Å². The van der Waals surface area contributed by atoms with Crippen molar-refractivity contribution in [2.45, 2.75) is 0 Å². The molecule has 1 amide bonds. The number of nitrogens with one attached hydrogen (secondary N) is 1. The lowest BCUT2D eigenvalue weighted by Gasteiger charge is -2.02. The number of nitrogens with two attached hydrogens (primary N) is 1. The Kier molecular flexibility index (Phi) is 1.97. The Morgan fingerprint density at radius 1 is 1.31 bits per heavy atom. The predicted molar refractivity (Wildman–Crippen MR) is 57.3 cm³/mol. The van der Waals surface area contributed by atoms with Crippen LogP contribution in [0.15, 0.2) is 15.7 Å². The smallest absolute Gasteiger partial charge is 0.332 e. The van der Waals surface area contributed by atoms with E-state index in [9.17, 15) is 14.4 Å². The van der Waals surface area contributed by atoms with Crippen LogP contribution in [0.2, 0.25) is 0 Å². The number of rotatable bonds is 1. The summed E-state index contributed by atoms with van der Waals surface area (Å²) in [6.07, 6.45) is 0. The highest BCUT2D eigenvalue weighted by atomic mass is 16.2. The number of hydrogen-bond acceptors (Lipinski definition) is 3. The van der Waals surface area contributed by atoms with Gasteiger partial charge in [-0.15, -0.1) is 0 Å².